The van der Waals surface area contributed by atoms with E-state index in [2.05, 4.69) is 29.5 Å². The molecule has 166 valence electrons. The van der Waals surface area contributed by atoms with Crippen LogP contribution in [-0.2, 0) is 29.0 Å². The Labute approximate surface area is 189 Å². The van der Waals surface area contributed by atoms with Crippen molar-refractivity contribution in [2.45, 2.75) is 40.7 Å². The summed E-state index contributed by atoms with van der Waals surface area (Å²) in [5, 5.41) is 0.345. The quantitative estimate of drug-likeness (QED) is 0.471. The van der Waals surface area contributed by atoms with Crippen LogP contribution in [0.1, 0.15) is 35.7 Å². The Balaban J connectivity index is 2.06. The van der Waals surface area contributed by atoms with Gasteiger partial charge in [-0.1, -0.05) is 32.0 Å². The van der Waals surface area contributed by atoms with Crippen molar-refractivity contribution in [3.8, 4) is 11.1 Å². The fourth-order valence-corrected chi connectivity index (χ4v) is 5.47. The van der Waals surface area contributed by atoms with Crippen molar-refractivity contribution in [3.63, 3.8) is 0 Å². The molecular weight excluding hydrogens is 434 g/mol. The number of methoxy groups -OCH3 is 1. The second kappa shape index (κ2) is 9.76. The maximum absolute atomic E-state index is 12.2. The number of carbonyl (C=O) groups excluding carboxylic acids is 1. The van der Waals surface area contributed by atoms with Crippen LogP contribution in [0.15, 0.2) is 36.7 Å². The summed E-state index contributed by atoms with van der Waals surface area (Å²) in [4.78, 5) is 17.5. The van der Waals surface area contributed by atoms with Crippen LogP contribution in [0.3, 0.4) is 0 Å². The molecule has 0 aliphatic heterocycles. The highest BCUT2D eigenvalue weighted by molar-refractivity contribution is 7.81. The van der Waals surface area contributed by atoms with Crippen LogP contribution in [-0.4, -0.2) is 31.5 Å². The molecule has 1 unspecified atom stereocenters. The predicted octanol–water partition coefficient (Wildman–Crippen LogP) is 4.84. The lowest BCUT2D eigenvalue weighted by molar-refractivity contribution is 0.183. The number of ether oxygens (including phenoxy) is 1. The number of rotatable bonds is 7. The summed E-state index contributed by atoms with van der Waals surface area (Å²) in [6.45, 7) is 8.84. The minimum atomic E-state index is -2.79. The van der Waals surface area contributed by atoms with Crippen molar-refractivity contribution in [1.82, 2.24) is 9.55 Å². The molecule has 1 amide bonds. The zero-order valence-corrected chi connectivity index (χ0v) is 19.9. The molecule has 0 N–H and O–H groups in total. The van der Waals surface area contributed by atoms with Crippen molar-refractivity contribution in [2.75, 3.05) is 11.4 Å². The molecule has 0 bridgehead atoms. The number of nitrogens with zero attached hydrogens (tertiary/aromatic N) is 3. The number of aromatic nitrogens is 2. The lowest BCUT2D eigenvalue weighted by Crippen LogP contribution is -2.32. The number of thiophene rings is 1. The highest BCUT2D eigenvalue weighted by Gasteiger charge is 2.25. The van der Waals surface area contributed by atoms with Crippen molar-refractivity contribution in [3.05, 3.63) is 58.5 Å². The normalized spacial score (nSPS) is 12.2. The molecule has 0 saturated carbocycles. The standard InChI is InChI=1S/C22H27N3O4S2/c1-14(2)10-18-12-20(21(30-18)25(31(27)28)22(26)29-5)19-7-6-17(11-15(19)3)13-24-9-8-23-16(24)4/h6-9,11-12,14H,10,13H2,1-5H3,(H,27,28)/p-1. The number of imidazole rings is 1. The molecule has 0 fully saturated rings. The molecule has 0 saturated heterocycles. The summed E-state index contributed by atoms with van der Waals surface area (Å²) < 4.78 is 31.2. The number of anilines is 1. The average molecular weight is 461 g/mol. The second-order valence-corrected chi connectivity index (χ2v) is 9.68. The molecule has 0 spiro atoms. The van der Waals surface area contributed by atoms with Gasteiger partial charge >= 0.3 is 6.09 Å². The first-order valence-corrected chi connectivity index (χ1v) is 11.7. The lowest BCUT2D eigenvalue weighted by Gasteiger charge is -2.23. The van der Waals surface area contributed by atoms with E-state index < -0.39 is 17.4 Å². The fourth-order valence-electron chi connectivity index (χ4n) is 3.47. The predicted molar refractivity (Wildman–Crippen MR) is 123 cm³/mol. The average Bonchev–Trinajstić information content (AvgIpc) is 3.27. The zero-order valence-electron chi connectivity index (χ0n) is 18.2. The molecule has 0 aliphatic carbocycles. The van der Waals surface area contributed by atoms with E-state index in [0.717, 1.165) is 33.8 Å². The van der Waals surface area contributed by atoms with Gasteiger partial charge in [-0.25, -0.2) is 9.78 Å². The fraction of sp³-hybridized carbons (Fsp3) is 0.364. The Morgan fingerprint density at radius 1 is 1.29 bits per heavy atom. The van der Waals surface area contributed by atoms with Gasteiger partial charge < -0.3 is 13.9 Å². The highest BCUT2D eigenvalue weighted by atomic mass is 32.2. The molecule has 3 aromatic rings. The van der Waals surface area contributed by atoms with Gasteiger partial charge in [0, 0.05) is 29.4 Å². The van der Waals surface area contributed by atoms with Crippen LogP contribution in [0.25, 0.3) is 11.1 Å². The summed E-state index contributed by atoms with van der Waals surface area (Å²) in [5.41, 5.74) is 3.69. The van der Waals surface area contributed by atoms with E-state index in [1.54, 1.807) is 6.20 Å². The Hall–Kier alpha value is -2.49. The van der Waals surface area contributed by atoms with Crippen molar-refractivity contribution in [1.29, 1.82) is 0 Å². The van der Waals surface area contributed by atoms with Crippen molar-refractivity contribution in [2.24, 2.45) is 5.92 Å². The summed E-state index contributed by atoms with van der Waals surface area (Å²) in [6, 6.07) is 8.05. The Kier molecular flexibility index (Phi) is 7.30. The van der Waals surface area contributed by atoms with Gasteiger partial charge in [-0.3, -0.25) is 4.21 Å². The van der Waals surface area contributed by atoms with Crippen molar-refractivity contribution < 1.29 is 18.3 Å². The molecule has 2 aromatic heterocycles. The Morgan fingerprint density at radius 3 is 2.58 bits per heavy atom. The van der Waals surface area contributed by atoms with E-state index in [-0.39, 0.29) is 0 Å². The van der Waals surface area contributed by atoms with E-state index in [0.29, 0.717) is 27.3 Å². The molecule has 31 heavy (non-hydrogen) atoms. The van der Waals surface area contributed by atoms with E-state index in [9.17, 15) is 13.6 Å². The number of hydrogen-bond acceptors (Lipinski definition) is 6. The largest absolute Gasteiger partial charge is 0.755 e. The molecule has 1 atom stereocenters. The summed E-state index contributed by atoms with van der Waals surface area (Å²) >= 11 is -1.49. The second-order valence-electron chi connectivity index (χ2n) is 7.76. The first kappa shape index (κ1) is 23.2. The Morgan fingerprint density at radius 2 is 2.03 bits per heavy atom. The first-order chi connectivity index (χ1) is 14.7. The summed E-state index contributed by atoms with van der Waals surface area (Å²) in [6.07, 6.45) is 3.56. The van der Waals surface area contributed by atoms with Gasteiger partial charge in [-0.2, -0.15) is 4.31 Å². The number of amides is 1. The van der Waals surface area contributed by atoms with Gasteiger partial charge in [-0.05, 0) is 48.9 Å². The number of benzene rings is 1. The first-order valence-electron chi connectivity index (χ1n) is 9.89. The molecule has 0 aliphatic rings. The van der Waals surface area contributed by atoms with Gasteiger partial charge in [0.25, 0.3) is 0 Å². The maximum atomic E-state index is 12.2. The third-order valence-corrected chi connectivity index (χ3v) is 6.79. The van der Waals surface area contributed by atoms with Crippen LogP contribution in [0, 0.1) is 19.8 Å². The lowest BCUT2D eigenvalue weighted by atomic mass is 9.98. The third kappa shape index (κ3) is 5.23. The van der Waals surface area contributed by atoms with Crippen LogP contribution < -0.4 is 4.31 Å². The van der Waals surface area contributed by atoms with Crippen LogP contribution in [0.5, 0.6) is 0 Å². The number of aryl methyl sites for hydroxylation is 2. The summed E-state index contributed by atoms with van der Waals surface area (Å²) in [5.74, 6) is 1.33. The van der Waals surface area contributed by atoms with Gasteiger partial charge in [-0.15, -0.1) is 11.3 Å². The smallest absolute Gasteiger partial charge is 0.426 e. The summed E-state index contributed by atoms with van der Waals surface area (Å²) in [7, 11) is 1.17. The molecule has 2 heterocycles. The minimum Gasteiger partial charge on any atom is -0.755 e. The van der Waals surface area contributed by atoms with E-state index in [1.165, 1.54) is 18.4 Å². The van der Waals surface area contributed by atoms with Crippen LogP contribution in [0.4, 0.5) is 9.80 Å². The van der Waals surface area contributed by atoms with Crippen LogP contribution >= 0.6 is 11.3 Å². The van der Waals surface area contributed by atoms with Gasteiger partial charge in [0.2, 0.25) is 0 Å². The molecule has 0 radical (unpaired) electrons. The molecule has 1 aromatic carbocycles. The monoisotopic (exact) mass is 460 g/mol. The number of hydrogen-bond donors (Lipinski definition) is 0. The third-order valence-electron chi connectivity index (χ3n) is 4.90. The van der Waals surface area contributed by atoms with E-state index in [4.69, 9.17) is 4.74 Å². The van der Waals surface area contributed by atoms with E-state index in [1.807, 2.05) is 38.2 Å². The van der Waals surface area contributed by atoms with Gasteiger partial charge in [0.1, 0.15) is 10.8 Å². The minimum absolute atomic E-state index is 0.345. The highest BCUT2D eigenvalue weighted by Crippen LogP contribution is 2.42. The van der Waals surface area contributed by atoms with Crippen LogP contribution in [0.2, 0.25) is 0 Å². The topological polar surface area (TPSA) is 87.5 Å². The maximum Gasteiger partial charge on any atom is 0.426 e. The Bertz CT molecular complexity index is 1100. The number of carbonyl (C=O) groups is 1. The van der Waals surface area contributed by atoms with Gasteiger partial charge in [0.05, 0.1) is 18.4 Å². The zero-order chi connectivity index (χ0) is 22.7. The SMILES string of the molecule is COC(=O)N(c1sc(CC(C)C)cc1-c1ccc(Cn2ccnc2C)cc1C)S(=O)[O-]. The molecule has 7 nitrogen and oxygen atoms in total. The molecule has 9 heteroatoms. The van der Waals surface area contributed by atoms with E-state index >= 15 is 0 Å². The molecule has 3 rings (SSSR count). The van der Waals surface area contributed by atoms with Gasteiger partial charge in [0.15, 0.2) is 0 Å². The molecular formula is C22H26N3O4S2-. The van der Waals surface area contributed by atoms with Crippen molar-refractivity contribution >= 4 is 33.7 Å².